The molecule has 3 rings (SSSR count). The van der Waals surface area contributed by atoms with Crippen molar-refractivity contribution in [3.8, 4) is 0 Å². The Labute approximate surface area is 176 Å². The van der Waals surface area contributed by atoms with Crippen LogP contribution in [0.15, 0.2) is 52.1 Å². The van der Waals surface area contributed by atoms with Crippen molar-refractivity contribution < 1.29 is 14.0 Å². The van der Waals surface area contributed by atoms with Crippen LogP contribution in [0.25, 0.3) is 0 Å². The Morgan fingerprint density at radius 1 is 1.07 bits per heavy atom. The van der Waals surface area contributed by atoms with Crippen molar-refractivity contribution in [1.29, 1.82) is 0 Å². The lowest BCUT2D eigenvalue weighted by atomic mass is 10.1. The molecule has 2 N–H and O–H groups in total. The monoisotopic (exact) mass is 411 g/mol. The molecule has 160 valence electrons. The molecule has 0 aliphatic carbocycles. The molecule has 1 aromatic heterocycles. The molecule has 2 heterocycles. The zero-order valence-corrected chi connectivity index (χ0v) is 17.7. The Morgan fingerprint density at radius 2 is 1.73 bits per heavy atom. The van der Waals surface area contributed by atoms with Crippen molar-refractivity contribution in [2.75, 3.05) is 38.5 Å². The van der Waals surface area contributed by atoms with Gasteiger partial charge in [0.15, 0.2) is 11.7 Å². The minimum atomic E-state index is -0.0766. The molecule has 2 aromatic rings. The molecular formula is C22H29N5O3. The summed E-state index contributed by atoms with van der Waals surface area (Å²) in [5.41, 5.74) is 1.88. The topological polar surface area (TPSA) is 90.2 Å². The molecular weight excluding hydrogens is 382 g/mol. The number of anilines is 1. The number of furan rings is 1. The van der Waals surface area contributed by atoms with E-state index in [1.165, 1.54) is 6.26 Å². The molecule has 1 fully saturated rings. The number of piperazine rings is 1. The third kappa shape index (κ3) is 5.40. The molecule has 0 bridgehead atoms. The van der Waals surface area contributed by atoms with E-state index in [0.717, 1.165) is 17.2 Å². The normalized spacial score (nSPS) is 14.7. The van der Waals surface area contributed by atoms with E-state index < -0.39 is 0 Å². The first kappa shape index (κ1) is 21.4. The maximum absolute atomic E-state index is 12.4. The molecule has 8 nitrogen and oxygen atoms in total. The maximum Gasteiger partial charge on any atom is 0.289 e. The molecule has 1 aliphatic heterocycles. The summed E-state index contributed by atoms with van der Waals surface area (Å²) in [6.45, 7) is 6.99. The fourth-order valence-corrected chi connectivity index (χ4v) is 3.18. The van der Waals surface area contributed by atoms with Gasteiger partial charge in [0.05, 0.1) is 6.26 Å². The van der Waals surface area contributed by atoms with Crippen molar-refractivity contribution >= 4 is 23.5 Å². The SMILES string of the molecule is CN=C(NCc1ccc(NC(=O)C(C)C)cc1)N1CCN(C(=O)c2ccco2)CC1. The number of rotatable bonds is 5. The van der Waals surface area contributed by atoms with Gasteiger partial charge in [0.2, 0.25) is 5.91 Å². The van der Waals surface area contributed by atoms with Gasteiger partial charge in [-0.3, -0.25) is 14.6 Å². The Morgan fingerprint density at radius 3 is 2.30 bits per heavy atom. The third-order valence-corrected chi connectivity index (χ3v) is 5.01. The van der Waals surface area contributed by atoms with Gasteiger partial charge in [-0.15, -0.1) is 0 Å². The van der Waals surface area contributed by atoms with Gasteiger partial charge in [-0.25, -0.2) is 0 Å². The second-order valence-corrected chi connectivity index (χ2v) is 7.50. The number of aliphatic imine (C=N–C) groups is 1. The second kappa shape index (κ2) is 9.96. The van der Waals surface area contributed by atoms with Crippen LogP contribution in [0, 0.1) is 5.92 Å². The Balaban J connectivity index is 1.48. The minimum absolute atomic E-state index is 0.00551. The van der Waals surface area contributed by atoms with Gasteiger partial charge in [0.1, 0.15) is 0 Å². The van der Waals surface area contributed by atoms with Gasteiger partial charge < -0.3 is 24.9 Å². The highest BCUT2D eigenvalue weighted by Crippen LogP contribution is 2.12. The van der Waals surface area contributed by atoms with Gasteiger partial charge in [-0.1, -0.05) is 26.0 Å². The number of hydrogen-bond acceptors (Lipinski definition) is 4. The molecule has 1 saturated heterocycles. The summed E-state index contributed by atoms with van der Waals surface area (Å²) in [7, 11) is 1.76. The molecule has 0 radical (unpaired) electrons. The first-order valence-electron chi connectivity index (χ1n) is 10.2. The van der Waals surface area contributed by atoms with Gasteiger partial charge in [0, 0.05) is 51.4 Å². The van der Waals surface area contributed by atoms with Crippen LogP contribution in [0.1, 0.15) is 30.0 Å². The summed E-state index contributed by atoms with van der Waals surface area (Å²) in [5, 5.41) is 6.26. The van der Waals surface area contributed by atoms with Crippen LogP contribution in [0.5, 0.6) is 0 Å². The molecule has 2 amide bonds. The highest BCUT2D eigenvalue weighted by atomic mass is 16.3. The lowest BCUT2D eigenvalue weighted by Gasteiger charge is -2.36. The van der Waals surface area contributed by atoms with E-state index >= 15 is 0 Å². The number of nitrogens with zero attached hydrogens (tertiary/aromatic N) is 3. The summed E-state index contributed by atoms with van der Waals surface area (Å²) in [4.78, 5) is 32.5. The van der Waals surface area contributed by atoms with E-state index in [9.17, 15) is 9.59 Å². The van der Waals surface area contributed by atoms with Crippen molar-refractivity contribution in [1.82, 2.24) is 15.1 Å². The van der Waals surface area contributed by atoms with E-state index in [-0.39, 0.29) is 17.7 Å². The van der Waals surface area contributed by atoms with Crippen molar-refractivity contribution in [3.05, 3.63) is 54.0 Å². The number of amides is 2. The predicted molar refractivity (Wildman–Crippen MR) is 116 cm³/mol. The first-order chi connectivity index (χ1) is 14.5. The number of carbonyl (C=O) groups is 2. The van der Waals surface area contributed by atoms with Crippen LogP contribution in [0.3, 0.4) is 0 Å². The van der Waals surface area contributed by atoms with E-state index in [0.29, 0.717) is 38.5 Å². The van der Waals surface area contributed by atoms with Crippen LogP contribution in [-0.2, 0) is 11.3 Å². The smallest absolute Gasteiger partial charge is 0.289 e. The lowest BCUT2D eigenvalue weighted by Crippen LogP contribution is -2.53. The van der Waals surface area contributed by atoms with Crippen LogP contribution < -0.4 is 10.6 Å². The number of hydrogen-bond donors (Lipinski definition) is 2. The first-order valence-corrected chi connectivity index (χ1v) is 10.2. The number of nitrogens with one attached hydrogen (secondary N) is 2. The highest BCUT2D eigenvalue weighted by Gasteiger charge is 2.25. The fourth-order valence-electron chi connectivity index (χ4n) is 3.18. The van der Waals surface area contributed by atoms with Crippen LogP contribution in [-0.4, -0.2) is 60.8 Å². The Bertz CT molecular complexity index is 867. The largest absolute Gasteiger partial charge is 0.459 e. The minimum Gasteiger partial charge on any atom is -0.459 e. The molecule has 0 atom stereocenters. The predicted octanol–water partition coefficient (Wildman–Crippen LogP) is 2.41. The third-order valence-electron chi connectivity index (χ3n) is 5.01. The molecule has 1 aromatic carbocycles. The summed E-state index contributed by atoms with van der Waals surface area (Å²) in [6.07, 6.45) is 1.51. The number of carbonyl (C=O) groups excluding carboxylic acids is 2. The van der Waals surface area contributed by atoms with E-state index in [2.05, 4.69) is 20.5 Å². The van der Waals surface area contributed by atoms with Crippen molar-refractivity contribution in [2.45, 2.75) is 20.4 Å². The number of guanidine groups is 1. The zero-order valence-electron chi connectivity index (χ0n) is 17.7. The molecule has 0 spiro atoms. The summed E-state index contributed by atoms with van der Waals surface area (Å²) >= 11 is 0. The summed E-state index contributed by atoms with van der Waals surface area (Å²) in [6, 6.07) is 11.2. The summed E-state index contributed by atoms with van der Waals surface area (Å²) < 4.78 is 5.21. The average molecular weight is 412 g/mol. The van der Waals surface area contributed by atoms with Crippen LogP contribution >= 0.6 is 0 Å². The molecule has 30 heavy (non-hydrogen) atoms. The maximum atomic E-state index is 12.4. The van der Waals surface area contributed by atoms with Crippen LogP contribution in [0.2, 0.25) is 0 Å². The van der Waals surface area contributed by atoms with Gasteiger partial charge in [0.25, 0.3) is 5.91 Å². The van der Waals surface area contributed by atoms with Gasteiger partial charge in [-0.05, 0) is 29.8 Å². The van der Waals surface area contributed by atoms with Crippen molar-refractivity contribution in [2.24, 2.45) is 10.9 Å². The van der Waals surface area contributed by atoms with Gasteiger partial charge >= 0.3 is 0 Å². The lowest BCUT2D eigenvalue weighted by molar-refractivity contribution is -0.118. The highest BCUT2D eigenvalue weighted by molar-refractivity contribution is 5.92. The van der Waals surface area contributed by atoms with E-state index in [1.54, 1.807) is 24.1 Å². The standard InChI is InChI=1S/C22H29N5O3/c1-16(2)20(28)25-18-8-6-17(7-9-18)15-24-22(23-3)27-12-10-26(11-13-27)21(29)19-5-4-14-30-19/h4-9,14,16H,10-13,15H2,1-3H3,(H,23,24)(H,25,28). The quantitative estimate of drug-likeness (QED) is 0.583. The zero-order chi connectivity index (χ0) is 21.5. The number of benzene rings is 1. The van der Waals surface area contributed by atoms with Crippen LogP contribution in [0.4, 0.5) is 5.69 Å². The Hall–Kier alpha value is -3.29. The summed E-state index contributed by atoms with van der Waals surface area (Å²) in [5.74, 6) is 1.05. The molecule has 1 aliphatic rings. The molecule has 0 saturated carbocycles. The average Bonchev–Trinajstić information content (AvgIpc) is 3.30. The molecule has 8 heteroatoms. The van der Waals surface area contributed by atoms with Crippen molar-refractivity contribution in [3.63, 3.8) is 0 Å². The molecule has 0 unspecified atom stereocenters. The second-order valence-electron chi connectivity index (χ2n) is 7.50. The fraction of sp³-hybridized carbons (Fsp3) is 0.409. The van der Waals surface area contributed by atoms with E-state index in [1.807, 2.05) is 38.1 Å². The Kier molecular flexibility index (Phi) is 7.11. The van der Waals surface area contributed by atoms with Gasteiger partial charge in [-0.2, -0.15) is 0 Å². The van der Waals surface area contributed by atoms with E-state index in [4.69, 9.17) is 4.42 Å².